The van der Waals surface area contributed by atoms with Crippen LogP contribution in [0.15, 0.2) is 48.7 Å². The first-order valence-corrected chi connectivity index (χ1v) is 6.95. The summed E-state index contributed by atoms with van der Waals surface area (Å²) in [5, 5.41) is 0. The average molecular weight is 271 g/mol. The first-order valence-electron chi connectivity index (χ1n) is 6.95. The Bertz CT molecular complexity index is 551. The summed E-state index contributed by atoms with van der Waals surface area (Å²) in [4.78, 5) is 8.74. The number of benzene rings is 1. The molecule has 3 nitrogen and oxygen atoms in total. The Morgan fingerprint density at radius 2 is 1.70 bits per heavy atom. The Labute approximate surface area is 118 Å². The molecule has 0 radical (unpaired) electrons. The second-order valence-electron chi connectivity index (χ2n) is 5.03. The summed E-state index contributed by atoms with van der Waals surface area (Å²) in [5.41, 5.74) is 1.80. The van der Waals surface area contributed by atoms with Gasteiger partial charge in [0.05, 0.1) is 5.69 Å². The predicted octanol–water partition coefficient (Wildman–Crippen LogP) is 2.54. The van der Waals surface area contributed by atoms with Gasteiger partial charge in [-0.3, -0.25) is 9.88 Å². The standard InChI is InChI=1S/C16H18FN3/c17-15-7-4-8-18-16(15)13-19-9-11-20(12-10-19)14-5-2-1-3-6-14/h1-8H,9-13H2. The molecule has 1 aromatic heterocycles. The summed E-state index contributed by atoms with van der Waals surface area (Å²) in [6.45, 7) is 4.40. The SMILES string of the molecule is Fc1cccnc1CN1CCN(c2ccccc2)CC1. The summed E-state index contributed by atoms with van der Waals surface area (Å²) >= 11 is 0. The largest absolute Gasteiger partial charge is 0.369 e. The zero-order valence-corrected chi connectivity index (χ0v) is 11.4. The van der Waals surface area contributed by atoms with Crippen LogP contribution in [-0.4, -0.2) is 36.1 Å². The van der Waals surface area contributed by atoms with E-state index in [9.17, 15) is 4.39 Å². The molecule has 0 N–H and O–H groups in total. The average Bonchev–Trinajstić information content (AvgIpc) is 2.51. The van der Waals surface area contributed by atoms with Gasteiger partial charge in [-0.05, 0) is 24.3 Å². The van der Waals surface area contributed by atoms with E-state index in [4.69, 9.17) is 0 Å². The Kier molecular flexibility index (Phi) is 3.92. The summed E-state index contributed by atoms with van der Waals surface area (Å²) in [5.74, 6) is -0.210. The monoisotopic (exact) mass is 271 g/mol. The van der Waals surface area contributed by atoms with E-state index in [1.54, 1.807) is 12.3 Å². The molecule has 3 rings (SSSR count). The molecule has 1 aliphatic rings. The number of para-hydroxylation sites is 1. The number of hydrogen-bond acceptors (Lipinski definition) is 3. The third-order valence-electron chi connectivity index (χ3n) is 3.70. The van der Waals surface area contributed by atoms with Gasteiger partial charge in [-0.15, -0.1) is 0 Å². The lowest BCUT2D eigenvalue weighted by molar-refractivity contribution is 0.243. The fourth-order valence-corrected chi connectivity index (χ4v) is 2.55. The van der Waals surface area contributed by atoms with Crippen LogP contribution in [0, 0.1) is 5.82 Å². The van der Waals surface area contributed by atoms with Gasteiger partial charge in [0, 0.05) is 44.6 Å². The van der Waals surface area contributed by atoms with Crippen molar-refractivity contribution in [2.24, 2.45) is 0 Å². The van der Waals surface area contributed by atoms with Crippen LogP contribution in [0.5, 0.6) is 0 Å². The molecule has 0 amide bonds. The quantitative estimate of drug-likeness (QED) is 0.855. The Hall–Kier alpha value is -1.94. The van der Waals surface area contributed by atoms with Crippen molar-refractivity contribution in [3.63, 3.8) is 0 Å². The molecular weight excluding hydrogens is 253 g/mol. The fourth-order valence-electron chi connectivity index (χ4n) is 2.55. The number of halogens is 1. The summed E-state index contributed by atoms with van der Waals surface area (Å²) in [6.07, 6.45) is 1.65. The van der Waals surface area contributed by atoms with E-state index in [-0.39, 0.29) is 5.82 Å². The molecule has 1 aliphatic heterocycles. The third kappa shape index (κ3) is 2.96. The molecule has 1 saturated heterocycles. The lowest BCUT2D eigenvalue weighted by Crippen LogP contribution is -2.46. The molecule has 0 saturated carbocycles. The van der Waals surface area contributed by atoms with Gasteiger partial charge in [-0.25, -0.2) is 4.39 Å². The fraction of sp³-hybridized carbons (Fsp3) is 0.312. The lowest BCUT2D eigenvalue weighted by atomic mass is 10.2. The van der Waals surface area contributed by atoms with Gasteiger partial charge in [0.1, 0.15) is 5.82 Å². The van der Waals surface area contributed by atoms with E-state index in [1.165, 1.54) is 11.8 Å². The van der Waals surface area contributed by atoms with Crippen LogP contribution >= 0.6 is 0 Å². The maximum atomic E-state index is 13.6. The molecule has 1 aromatic carbocycles. The molecule has 0 spiro atoms. The number of hydrogen-bond donors (Lipinski definition) is 0. The predicted molar refractivity (Wildman–Crippen MR) is 78.1 cm³/mol. The normalized spacial score (nSPS) is 16.4. The van der Waals surface area contributed by atoms with Crippen LogP contribution in [0.1, 0.15) is 5.69 Å². The number of rotatable bonds is 3. The minimum atomic E-state index is -0.210. The summed E-state index contributed by atoms with van der Waals surface area (Å²) < 4.78 is 13.6. The number of nitrogens with zero attached hydrogens (tertiary/aromatic N) is 3. The van der Waals surface area contributed by atoms with Crippen LogP contribution in [0.25, 0.3) is 0 Å². The van der Waals surface area contributed by atoms with Crippen molar-refractivity contribution in [3.05, 3.63) is 60.2 Å². The number of anilines is 1. The molecule has 104 valence electrons. The van der Waals surface area contributed by atoms with Crippen LogP contribution in [-0.2, 0) is 6.54 Å². The second-order valence-corrected chi connectivity index (χ2v) is 5.03. The molecule has 0 atom stereocenters. The van der Waals surface area contributed by atoms with E-state index >= 15 is 0 Å². The molecule has 2 aromatic rings. The van der Waals surface area contributed by atoms with Gasteiger partial charge < -0.3 is 4.90 Å². The minimum absolute atomic E-state index is 0.210. The molecule has 2 heterocycles. The molecule has 1 fully saturated rings. The maximum absolute atomic E-state index is 13.6. The smallest absolute Gasteiger partial charge is 0.146 e. The van der Waals surface area contributed by atoms with Gasteiger partial charge in [0.25, 0.3) is 0 Å². The molecule has 0 aliphatic carbocycles. The van der Waals surface area contributed by atoms with E-state index in [0.717, 1.165) is 26.2 Å². The van der Waals surface area contributed by atoms with Crippen molar-refractivity contribution in [2.45, 2.75) is 6.54 Å². The van der Waals surface area contributed by atoms with Crippen molar-refractivity contribution in [2.75, 3.05) is 31.1 Å². The highest BCUT2D eigenvalue weighted by molar-refractivity contribution is 5.46. The molecule has 0 bridgehead atoms. The van der Waals surface area contributed by atoms with Crippen molar-refractivity contribution >= 4 is 5.69 Å². The second kappa shape index (κ2) is 6.01. The van der Waals surface area contributed by atoms with Crippen molar-refractivity contribution in [1.29, 1.82) is 0 Å². The summed E-state index contributed by atoms with van der Waals surface area (Å²) in [7, 11) is 0. The molecule has 20 heavy (non-hydrogen) atoms. The minimum Gasteiger partial charge on any atom is -0.369 e. The van der Waals surface area contributed by atoms with Gasteiger partial charge in [0.2, 0.25) is 0 Å². The third-order valence-corrected chi connectivity index (χ3v) is 3.70. The molecule has 4 heteroatoms. The Morgan fingerprint density at radius 3 is 2.40 bits per heavy atom. The van der Waals surface area contributed by atoms with Gasteiger partial charge in [-0.2, -0.15) is 0 Å². The summed E-state index contributed by atoms with van der Waals surface area (Å²) in [6, 6.07) is 13.5. The highest BCUT2D eigenvalue weighted by atomic mass is 19.1. The molecule has 0 unspecified atom stereocenters. The van der Waals surface area contributed by atoms with Gasteiger partial charge in [0.15, 0.2) is 0 Å². The van der Waals surface area contributed by atoms with Crippen molar-refractivity contribution in [3.8, 4) is 0 Å². The first-order chi connectivity index (χ1) is 9.83. The van der Waals surface area contributed by atoms with Crippen LogP contribution in [0.2, 0.25) is 0 Å². The molecular formula is C16H18FN3. The highest BCUT2D eigenvalue weighted by Crippen LogP contribution is 2.16. The topological polar surface area (TPSA) is 19.4 Å². The zero-order valence-electron chi connectivity index (χ0n) is 11.4. The van der Waals surface area contributed by atoms with E-state index in [0.29, 0.717) is 12.2 Å². The van der Waals surface area contributed by atoms with Crippen molar-refractivity contribution < 1.29 is 4.39 Å². The lowest BCUT2D eigenvalue weighted by Gasteiger charge is -2.35. The van der Waals surface area contributed by atoms with Gasteiger partial charge in [-0.1, -0.05) is 18.2 Å². The van der Waals surface area contributed by atoms with E-state index < -0.39 is 0 Å². The highest BCUT2D eigenvalue weighted by Gasteiger charge is 2.18. The van der Waals surface area contributed by atoms with E-state index in [2.05, 4.69) is 39.0 Å². The van der Waals surface area contributed by atoms with Crippen LogP contribution < -0.4 is 4.90 Å². The maximum Gasteiger partial charge on any atom is 0.146 e. The Balaban J connectivity index is 1.58. The zero-order chi connectivity index (χ0) is 13.8. The first kappa shape index (κ1) is 13.1. The van der Waals surface area contributed by atoms with Gasteiger partial charge >= 0.3 is 0 Å². The number of pyridine rings is 1. The number of piperazine rings is 1. The van der Waals surface area contributed by atoms with E-state index in [1.807, 2.05) is 6.07 Å². The van der Waals surface area contributed by atoms with Crippen molar-refractivity contribution in [1.82, 2.24) is 9.88 Å². The Morgan fingerprint density at radius 1 is 0.950 bits per heavy atom. The van der Waals surface area contributed by atoms with Crippen LogP contribution in [0.4, 0.5) is 10.1 Å². The van der Waals surface area contributed by atoms with Crippen LogP contribution in [0.3, 0.4) is 0 Å². The number of aromatic nitrogens is 1.